The Balaban J connectivity index is 1.45. The van der Waals surface area contributed by atoms with Gasteiger partial charge in [-0.1, -0.05) is 11.6 Å². The zero-order valence-corrected chi connectivity index (χ0v) is 19.8. The summed E-state index contributed by atoms with van der Waals surface area (Å²) < 4.78 is 35.6. The molecule has 0 saturated carbocycles. The Hall–Kier alpha value is -3.37. The molecule has 35 heavy (non-hydrogen) atoms. The molecule has 3 heterocycles. The first kappa shape index (κ1) is 23.4. The average molecular weight is 483 g/mol. The van der Waals surface area contributed by atoms with Crippen LogP contribution in [0.2, 0.25) is 0 Å². The van der Waals surface area contributed by atoms with Crippen molar-refractivity contribution in [3.63, 3.8) is 0 Å². The second kappa shape index (κ2) is 9.71. The van der Waals surface area contributed by atoms with Crippen LogP contribution in [-0.2, 0) is 6.42 Å². The van der Waals surface area contributed by atoms with E-state index >= 15 is 4.39 Å². The average Bonchev–Trinajstić information content (AvgIpc) is 3.43. The molecule has 1 aromatic heterocycles. The second-order valence-corrected chi connectivity index (χ2v) is 9.10. The van der Waals surface area contributed by atoms with Crippen molar-refractivity contribution in [2.45, 2.75) is 20.3 Å². The van der Waals surface area contributed by atoms with Gasteiger partial charge in [-0.05, 0) is 31.9 Å². The zero-order valence-electron chi connectivity index (χ0n) is 19.8. The third-order valence-corrected chi connectivity index (χ3v) is 6.31. The lowest BCUT2D eigenvalue weighted by Crippen LogP contribution is -2.47. The lowest BCUT2D eigenvalue weighted by molar-refractivity contribution is 0.188. The maximum atomic E-state index is 15.2. The van der Waals surface area contributed by atoms with Crippen molar-refractivity contribution in [3.8, 4) is 11.8 Å². The highest BCUT2D eigenvalue weighted by atomic mass is 19.1. The Morgan fingerprint density at radius 1 is 1.06 bits per heavy atom. The van der Waals surface area contributed by atoms with Crippen LogP contribution < -0.4 is 15.0 Å². The SMILES string of the molecule is CC1=CC(Nc2cc(N3CCN(CCO)CC3)nc(Oc3cc(F)c4c(c3F)C=C(C)C4)n2)=NC1. The molecule has 1 fully saturated rings. The van der Waals surface area contributed by atoms with Gasteiger partial charge >= 0.3 is 6.01 Å². The first-order valence-corrected chi connectivity index (χ1v) is 11.7. The first-order valence-electron chi connectivity index (χ1n) is 11.7. The van der Waals surface area contributed by atoms with Gasteiger partial charge in [-0.2, -0.15) is 9.97 Å². The molecule has 2 N–H and O–H groups in total. The maximum Gasteiger partial charge on any atom is 0.326 e. The largest absolute Gasteiger partial charge is 0.421 e. The number of aliphatic hydroxyl groups excluding tert-OH is 1. The van der Waals surface area contributed by atoms with E-state index in [-0.39, 0.29) is 23.9 Å². The molecule has 0 radical (unpaired) electrons. The molecule has 0 atom stereocenters. The standard InChI is InChI=1S/C25H28F2N6O2/c1-15-9-17-18(10-15)24(27)20(12-19(17)26)35-25-30-22(29-21-11-16(2)14-28-21)13-23(31-25)33-5-3-32(4-6-33)7-8-34/h10-13,34H,3-9,14H2,1-2H3,(H,28,29,30,31). The Morgan fingerprint density at radius 2 is 1.86 bits per heavy atom. The summed E-state index contributed by atoms with van der Waals surface area (Å²) in [7, 11) is 0. The minimum Gasteiger partial charge on any atom is -0.421 e. The molecule has 0 unspecified atom stereocenters. The number of anilines is 2. The molecule has 0 bridgehead atoms. The summed E-state index contributed by atoms with van der Waals surface area (Å²) in [5.74, 6) is 0.333. The van der Waals surface area contributed by atoms with E-state index in [1.165, 1.54) is 0 Å². The molecule has 2 aliphatic heterocycles. The fourth-order valence-corrected chi connectivity index (χ4v) is 4.51. The topological polar surface area (TPSA) is 86.1 Å². The van der Waals surface area contributed by atoms with Gasteiger partial charge in [0.1, 0.15) is 23.3 Å². The summed E-state index contributed by atoms with van der Waals surface area (Å²) in [5, 5.41) is 12.4. The molecule has 5 rings (SSSR count). The summed E-state index contributed by atoms with van der Waals surface area (Å²) in [4.78, 5) is 17.6. The Morgan fingerprint density at radius 3 is 2.57 bits per heavy atom. The van der Waals surface area contributed by atoms with Gasteiger partial charge in [0.2, 0.25) is 0 Å². The number of piperazine rings is 1. The van der Waals surface area contributed by atoms with Crippen LogP contribution in [0.25, 0.3) is 6.08 Å². The van der Waals surface area contributed by atoms with Crippen LogP contribution >= 0.6 is 0 Å². The summed E-state index contributed by atoms with van der Waals surface area (Å²) in [6.45, 7) is 8.13. The highest BCUT2D eigenvalue weighted by Crippen LogP contribution is 2.36. The number of hydrogen-bond donors (Lipinski definition) is 2. The number of β-amino-alcohol motifs (C(OH)–C–C–N with tert-alkyl or cyclic N) is 1. The lowest BCUT2D eigenvalue weighted by atomic mass is 10.1. The molecule has 184 valence electrons. The molecular weight excluding hydrogens is 454 g/mol. The molecule has 0 amide bonds. The Bertz CT molecular complexity index is 1230. The number of ether oxygens (including phenoxy) is 1. The van der Waals surface area contributed by atoms with Crippen molar-refractivity contribution in [3.05, 3.63) is 52.1 Å². The number of halogens is 2. The van der Waals surface area contributed by atoms with E-state index in [4.69, 9.17) is 4.74 Å². The molecule has 3 aliphatic rings. The molecule has 10 heteroatoms. The van der Waals surface area contributed by atoms with Gasteiger partial charge in [-0.15, -0.1) is 0 Å². The van der Waals surface area contributed by atoms with E-state index in [0.717, 1.165) is 30.3 Å². The highest BCUT2D eigenvalue weighted by molar-refractivity contribution is 6.05. The molecule has 0 spiro atoms. The third-order valence-electron chi connectivity index (χ3n) is 6.31. The molecule has 1 saturated heterocycles. The number of nitrogens with one attached hydrogen (secondary N) is 1. The van der Waals surface area contributed by atoms with Crippen LogP contribution in [0.3, 0.4) is 0 Å². The number of benzene rings is 1. The summed E-state index contributed by atoms with van der Waals surface area (Å²) in [6, 6.07) is 2.77. The van der Waals surface area contributed by atoms with Gasteiger partial charge in [0.15, 0.2) is 11.6 Å². The first-order chi connectivity index (χ1) is 16.9. The summed E-state index contributed by atoms with van der Waals surface area (Å²) >= 11 is 0. The predicted molar refractivity (Wildman–Crippen MR) is 131 cm³/mol. The van der Waals surface area contributed by atoms with Crippen molar-refractivity contribution in [2.75, 3.05) is 56.1 Å². The number of aliphatic imine (C=N–C) groups is 1. The fraction of sp³-hybridized carbons (Fsp3) is 0.400. The van der Waals surface area contributed by atoms with Crippen LogP contribution in [0.4, 0.5) is 20.4 Å². The number of nitrogens with zero attached hydrogens (tertiary/aromatic N) is 5. The zero-order chi connectivity index (χ0) is 24.5. The molecule has 1 aliphatic carbocycles. The van der Waals surface area contributed by atoms with Gasteiger partial charge in [0.25, 0.3) is 0 Å². The number of hydrogen-bond acceptors (Lipinski definition) is 8. The van der Waals surface area contributed by atoms with Crippen molar-refractivity contribution < 1.29 is 18.6 Å². The quantitative estimate of drug-likeness (QED) is 0.653. The smallest absolute Gasteiger partial charge is 0.326 e. The van der Waals surface area contributed by atoms with E-state index in [0.29, 0.717) is 55.6 Å². The normalized spacial score (nSPS) is 17.7. The highest BCUT2D eigenvalue weighted by Gasteiger charge is 2.25. The number of aromatic nitrogens is 2. The monoisotopic (exact) mass is 482 g/mol. The molecular formula is C25H28F2N6O2. The summed E-state index contributed by atoms with van der Waals surface area (Å²) in [5.41, 5.74) is 2.57. The number of rotatable bonds is 6. The second-order valence-electron chi connectivity index (χ2n) is 9.10. The van der Waals surface area contributed by atoms with E-state index in [1.807, 2.05) is 19.9 Å². The minimum atomic E-state index is -0.627. The number of fused-ring (bicyclic) bond motifs is 1. The predicted octanol–water partition coefficient (Wildman–Crippen LogP) is 3.39. The summed E-state index contributed by atoms with van der Waals surface area (Å²) in [6.07, 6.45) is 3.96. The van der Waals surface area contributed by atoms with Crippen molar-refractivity contribution >= 4 is 23.5 Å². The number of allylic oxidation sites excluding steroid dienone is 1. The van der Waals surface area contributed by atoms with E-state index in [1.54, 1.807) is 12.1 Å². The van der Waals surface area contributed by atoms with Gasteiger partial charge in [0.05, 0.1) is 13.2 Å². The number of aliphatic hydroxyl groups is 1. The van der Waals surface area contributed by atoms with Crippen LogP contribution in [-0.4, -0.2) is 71.7 Å². The van der Waals surface area contributed by atoms with E-state index < -0.39 is 11.6 Å². The van der Waals surface area contributed by atoms with Gasteiger partial charge in [-0.3, -0.25) is 9.89 Å². The minimum absolute atomic E-state index is 0.0842. The van der Waals surface area contributed by atoms with E-state index in [9.17, 15) is 9.50 Å². The van der Waals surface area contributed by atoms with Crippen LogP contribution in [0, 0.1) is 11.6 Å². The molecule has 2 aromatic rings. The fourth-order valence-electron chi connectivity index (χ4n) is 4.51. The van der Waals surface area contributed by atoms with Gasteiger partial charge in [-0.25, -0.2) is 8.78 Å². The van der Waals surface area contributed by atoms with Gasteiger partial charge in [0, 0.05) is 56.0 Å². The van der Waals surface area contributed by atoms with Crippen molar-refractivity contribution in [1.82, 2.24) is 14.9 Å². The third kappa shape index (κ3) is 5.03. The van der Waals surface area contributed by atoms with Gasteiger partial charge < -0.3 is 20.1 Å². The van der Waals surface area contributed by atoms with Crippen molar-refractivity contribution in [2.24, 2.45) is 4.99 Å². The van der Waals surface area contributed by atoms with Crippen LogP contribution in [0.15, 0.2) is 34.3 Å². The Kier molecular flexibility index (Phi) is 6.48. The molecule has 8 nitrogen and oxygen atoms in total. The van der Waals surface area contributed by atoms with Crippen molar-refractivity contribution in [1.29, 1.82) is 0 Å². The lowest BCUT2D eigenvalue weighted by Gasteiger charge is -2.35. The Labute approximate surface area is 202 Å². The van der Waals surface area contributed by atoms with E-state index in [2.05, 4.69) is 30.1 Å². The molecule has 1 aromatic carbocycles. The maximum absolute atomic E-state index is 15.2. The van der Waals surface area contributed by atoms with Crippen LogP contribution in [0.5, 0.6) is 11.8 Å². The number of amidine groups is 1. The van der Waals surface area contributed by atoms with Crippen LogP contribution in [0.1, 0.15) is 25.0 Å².